The maximum Gasteiger partial charge on any atom is 0.323 e. The molecule has 1 atom stereocenters. The number of ether oxygens (including phenoxy) is 1. The Morgan fingerprint density at radius 3 is 2.70 bits per heavy atom. The molecule has 0 heterocycles. The van der Waals surface area contributed by atoms with Gasteiger partial charge in [0.15, 0.2) is 0 Å². The van der Waals surface area contributed by atoms with Gasteiger partial charge in [-0.1, -0.05) is 6.92 Å². The Kier molecular flexibility index (Phi) is 4.88. The molecule has 0 aliphatic rings. The van der Waals surface area contributed by atoms with Crippen molar-refractivity contribution in [2.24, 2.45) is 0 Å². The van der Waals surface area contributed by atoms with Gasteiger partial charge in [-0.3, -0.25) is 4.79 Å². The molecule has 0 spiro atoms. The molecule has 0 rings (SSSR count). The lowest BCUT2D eigenvalue weighted by molar-refractivity contribution is -0.140. The molecule has 0 aromatic rings. The van der Waals surface area contributed by atoms with E-state index in [1.165, 1.54) is 7.11 Å². The van der Waals surface area contributed by atoms with Gasteiger partial charge in [-0.05, 0) is 6.54 Å². The van der Waals surface area contributed by atoms with Crippen LogP contribution in [0.25, 0.3) is 0 Å². The molecule has 2 N–H and O–H groups in total. The molecule has 0 aliphatic carbocycles. The second-order valence-electron chi connectivity index (χ2n) is 1.90. The first-order valence-electron chi connectivity index (χ1n) is 3.17. The normalized spacial score (nSPS) is 13.0. The van der Waals surface area contributed by atoms with Crippen molar-refractivity contribution in [3.05, 3.63) is 0 Å². The summed E-state index contributed by atoms with van der Waals surface area (Å²) in [7, 11) is 1.48. The molecule has 0 fully saturated rings. The maximum absolute atomic E-state index is 10.3. The van der Waals surface area contributed by atoms with Crippen LogP contribution in [0, 0.1) is 0 Å². The van der Waals surface area contributed by atoms with Gasteiger partial charge in [-0.15, -0.1) is 0 Å². The smallest absolute Gasteiger partial charge is 0.323 e. The molecule has 4 heteroatoms. The van der Waals surface area contributed by atoms with Crippen LogP contribution in [0.3, 0.4) is 0 Å². The van der Waals surface area contributed by atoms with Crippen LogP contribution in [0.1, 0.15) is 6.92 Å². The van der Waals surface area contributed by atoms with Crippen LogP contribution in [0.4, 0.5) is 0 Å². The van der Waals surface area contributed by atoms with Crippen molar-refractivity contribution in [2.45, 2.75) is 13.0 Å². The van der Waals surface area contributed by atoms with Crippen LogP contribution >= 0.6 is 0 Å². The standard InChI is InChI=1S/C6H13NO3/c1-3-7-5(4-10-2)6(8)9/h5,7H,3-4H2,1-2H3,(H,8,9). The fourth-order valence-electron chi connectivity index (χ4n) is 0.631. The van der Waals surface area contributed by atoms with Gasteiger partial charge in [0.1, 0.15) is 6.04 Å². The summed E-state index contributed by atoms with van der Waals surface area (Å²) in [6.07, 6.45) is 0. The van der Waals surface area contributed by atoms with Crippen molar-refractivity contribution in [1.82, 2.24) is 5.32 Å². The van der Waals surface area contributed by atoms with Crippen molar-refractivity contribution < 1.29 is 14.6 Å². The number of carbonyl (C=O) groups is 1. The van der Waals surface area contributed by atoms with E-state index in [-0.39, 0.29) is 6.61 Å². The number of nitrogens with one attached hydrogen (secondary N) is 1. The van der Waals surface area contributed by atoms with Gasteiger partial charge < -0.3 is 15.2 Å². The first-order chi connectivity index (χ1) is 4.72. The molecule has 60 valence electrons. The van der Waals surface area contributed by atoms with Gasteiger partial charge in [-0.25, -0.2) is 0 Å². The molecule has 1 unspecified atom stereocenters. The average Bonchev–Trinajstić information content (AvgIpc) is 1.87. The largest absolute Gasteiger partial charge is 0.480 e. The molecule has 0 aromatic carbocycles. The summed E-state index contributed by atoms with van der Waals surface area (Å²) in [6.45, 7) is 2.70. The lowest BCUT2D eigenvalue weighted by Crippen LogP contribution is -2.40. The minimum Gasteiger partial charge on any atom is -0.480 e. The summed E-state index contributed by atoms with van der Waals surface area (Å²) in [6, 6.07) is -0.574. The van der Waals surface area contributed by atoms with E-state index in [2.05, 4.69) is 10.1 Å². The van der Waals surface area contributed by atoms with Crippen LogP contribution in [0.15, 0.2) is 0 Å². The summed E-state index contributed by atoms with van der Waals surface area (Å²) >= 11 is 0. The molecule has 0 aliphatic heterocycles. The third-order valence-electron chi connectivity index (χ3n) is 1.08. The van der Waals surface area contributed by atoms with Crippen LogP contribution in [-0.2, 0) is 9.53 Å². The predicted octanol–water partition coefficient (Wildman–Crippen LogP) is -0.305. The van der Waals surface area contributed by atoms with Gasteiger partial charge in [0.2, 0.25) is 0 Å². The van der Waals surface area contributed by atoms with E-state index in [9.17, 15) is 4.79 Å². The molecule has 0 radical (unpaired) electrons. The first kappa shape index (κ1) is 9.39. The fourth-order valence-corrected chi connectivity index (χ4v) is 0.631. The Hall–Kier alpha value is -0.610. The minimum atomic E-state index is -0.872. The molecule has 0 saturated heterocycles. The zero-order valence-corrected chi connectivity index (χ0v) is 6.26. The highest BCUT2D eigenvalue weighted by Crippen LogP contribution is 1.83. The van der Waals surface area contributed by atoms with Gasteiger partial charge in [0.25, 0.3) is 0 Å². The van der Waals surface area contributed by atoms with E-state index >= 15 is 0 Å². The molecule has 0 bridgehead atoms. The predicted molar refractivity (Wildman–Crippen MR) is 37.0 cm³/mol. The van der Waals surface area contributed by atoms with E-state index < -0.39 is 12.0 Å². The highest BCUT2D eigenvalue weighted by atomic mass is 16.5. The molecule has 4 nitrogen and oxygen atoms in total. The topological polar surface area (TPSA) is 58.6 Å². The molecule has 0 saturated carbocycles. The van der Waals surface area contributed by atoms with Crippen molar-refractivity contribution in [2.75, 3.05) is 20.3 Å². The van der Waals surface area contributed by atoms with Crippen molar-refractivity contribution in [3.63, 3.8) is 0 Å². The number of hydrogen-bond donors (Lipinski definition) is 2. The summed E-state index contributed by atoms with van der Waals surface area (Å²) in [5.74, 6) is -0.872. The number of carboxylic acid groups (broad SMARTS) is 1. The second kappa shape index (κ2) is 5.20. The molecular weight excluding hydrogens is 134 g/mol. The van der Waals surface area contributed by atoms with Gasteiger partial charge in [0, 0.05) is 7.11 Å². The molecule has 0 aromatic heterocycles. The SMILES string of the molecule is CCNC(COC)C(=O)O. The second-order valence-corrected chi connectivity index (χ2v) is 1.90. The fraction of sp³-hybridized carbons (Fsp3) is 0.833. The average molecular weight is 147 g/mol. The first-order valence-corrected chi connectivity index (χ1v) is 3.17. The summed E-state index contributed by atoms with van der Waals surface area (Å²) < 4.78 is 4.67. The number of methoxy groups -OCH3 is 1. The van der Waals surface area contributed by atoms with Crippen molar-refractivity contribution in [1.29, 1.82) is 0 Å². The lowest BCUT2D eigenvalue weighted by Gasteiger charge is -2.10. The zero-order valence-electron chi connectivity index (χ0n) is 6.26. The van der Waals surface area contributed by atoms with Gasteiger partial charge >= 0.3 is 5.97 Å². The number of hydrogen-bond acceptors (Lipinski definition) is 3. The van der Waals surface area contributed by atoms with Gasteiger partial charge in [0.05, 0.1) is 6.61 Å². The number of likely N-dealkylation sites (N-methyl/N-ethyl adjacent to an activating group) is 1. The number of rotatable bonds is 5. The van der Waals surface area contributed by atoms with Crippen molar-refractivity contribution in [3.8, 4) is 0 Å². The number of aliphatic carboxylic acids is 1. The molecule has 10 heavy (non-hydrogen) atoms. The highest BCUT2D eigenvalue weighted by Gasteiger charge is 2.14. The zero-order chi connectivity index (χ0) is 7.98. The number of carboxylic acids is 1. The lowest BCUT2D eigenvalue weighted by atomic mass is 10.3. The third-order valence-corrected chi connectivity index (χ3v) is 1.08. The van der Waals surface area contributed by atoms with Gasteiger partial charge in [-0.2, -0.15) is 0 Å². The van der Waals surface area contributed by atoms with Crippen LogP contribution < -0.4 is 5.32 Å². The van der Waals surface area contributed by atoms with Crippen LogP contribution in [0.2, 0.25) is 0 Å². The Morgan fingerprint density at radius 1 is 1.80 bits per heavy atom. The van der Waals surface area contributed by atoms with E-state index in [0.29, 0.717) is 6.54 Å². The quantitative estimate of drug-likeness (QED) is 0.560. The maximum atomic E-state index is 10.3. The van der Waals surface area contributed by atoms with Crippen LogP contribution in [-0.4, -0.2) is 37.4 Å². The minimum absolute atomic E-state index is 0.211. The van der Waals surface area contributed by atoms with Crippen LogP contribution in [0.5, 0.6) is 0 Å². The Morgan fingerprint density at radius 2 is 2.40 bits per heavy atom. The Labute approximate surface area is 60.2 Å². The van der Waals surface area contributed by atoms with E-state index in [1.807, 2.05) is 6.92 Å². The summed E-state index contributed by atoms with van der Waals surface area (Å²) in [5, 5.41) is 11.3. The summed E-state index contributed by atoms with van der Waals surface area (Å²) in [5.41, 5.74) is 0. The Bertz CT molecular complexity index is 99.2. The van der Waals surface area contributed by atoms with E-state index in [4.69, 9.17) is 5.11 Å². The van der Waals surface area contributed by atoms with Crippen molar-refractivity contribution >= 4 is 5.97 Å². The summed E-state index contributed by atoms with van der Waals surface area (Å²) in [4.78, 5) is 10.3. The monoisotopic (exact) mass is 147 g/mol. The third kappa shape index (κ3) is 3.42. The highest BCUT2D eigenvalue weighted by molar-refractivity contribution is 5.73. The molecular formula is C6H13NO3. The molecule has 0 amide bonds. The van der Waals surface area contributed by atoms with E-state index in [0.717, 1.165) is 0 Å². The van der Waals surface area contributed by atoms with E-state index in [1.54, 1.807) is 0 Å². The Balaban J connectivity index is 3.61.